The van der Waals surface area contributed by atoms with Gasteiger partial charge in [0.2, 0.25) is 0 Å². The van der Waals surface area contributed by atoms with Crippen LogP contribution in [-0.2, 0) is 6.54 Å². The summed E-state index contributed by atoms with van der Waals surface area (Å²) >= 11 is 3.32. The molecule has 0 amide bonds. The summed E-state index contributed by atoms with van der Waals surface area (Å²) in [6.45, 7) is 6.90. The van der Waals surface area contributed by atoms with Crippen molar-refractivity contribution in [3.63, 3.8) is 0 Å². The molecule has 0 fully saturated rings. The molecule has 1 heterocycles. The molecule has 0 aliphatic rings. The molecule has 0 aliphatic carbocycles. The van der Waals surface area contributed by atoms with Crippen LogP contribution in [0.1, 0.15) is 33.3 Å². The van der Waals surface area contributed by atoms with E-state index in [0.29, 0.717) is 12.4 Å². The zero-order valence-corrected chi connectivity index (χ0v) is 14.2. The summed E-state index contributed by atoms with van der Waals surface area (Å²) in [6, 6.07) is 1.76. The van der Waals surface area contributed by atoms with Crippen molar-refractivity contribution in [2.75, 3.05) is 11.4 Å². The van der Waals surface area contributed by atoms with Gasteiger partial charge < -0.3 is 10.2 Å². The van der Waals surface area contributed by atoms with Gasteiger partial charge in [0.15, 0.2) is 0 Å². The number of alkyl halides is 3. The quantitative estimate of drug-likeness (QED) is 0.819. The van der Waals surface area contributed by atoms with Crippen LogP contribution in [0, 0.1) is 0 Å². The number of rotatable bonds is 6. The van der Waals surface area contributed by atoms with Gasteiger partial charge >= 0.3 is 6.18 Å². The number of nitrogens with one attached hydrogen (secondary N) is 1. The van der Waals surface area contributed by atoms with Crippen LogP contribution in [-0.4, -0.2) is 29.8 Å². The molecular weight excluding hydrogens is 347 g/mol. The molecule has 1 rings (SSSR count). The van der Waals surface area contributed by atoms with Gasteiger partial charge in [-0.2, -0.15) is 13.2 Å². The van der Waals surface area contributed by atoms with Crippen molar-refractivity contribution in [1.82, 2.24) is 10.3 Å². The van der Waals surface area contributed by atoms with E-state index in [1.807, 2.05) is 19.9 Å². The number of pyridine rings is 1. The van der Waals surface area contributed by atoms with Crippen LogP contribution in [0.3, 0.4) is 0 Å². The molecule has 0 unspecified atom stereocenters. The number of nitrogens with zero attached hydrogens (tertiary/aromatic N) is 2. The lowest BCUT2D eigenvalue weighted by Gasteiger charge is -2.30. The van der Waals surface area contributed by atoms with Gasteiger partial charge in [0.25, 0.3) is 0 Å². The van der Waals surface area contributed by atoms with Crippen LogP contribution < -0.4 is 10.2 Å². The molecule has 1 N–H and O–H groups in total. The summed E-state index contributed by atoms with van der Waals surface area (Å²) in [5.74, 6) is 0.374. The molecular formula is C14H21BrF3N3. The fraction of sp³-hybridized carbons (Fsp3) is 0.643. The van der Waals surface area contributed by atoms with Crippen LogP contribution in [0.25, 0.3) is 0 Å². The first-order valence-electron chi connectivity index (χ1n) is 6.81. The summed E-state index contributed by atoms with van der Waals surface area (Å²) < 4.78 is 39.1. The van der Waals surface area contributed by atoms with E-state index >= 15 is 0 Å². The summed E-state index contributed by atoms with van der Waals surface area (Å²) in [4.78, 5) is 5.48. The summed E-state index contributed by atoms with van der Waals surface area (Å²) in [6.07, 6.45) is -2.73. The number of hydrogen-bond donors (Lipinski definition) is 1. The van der Waals surface area contributed by atoms with Crippen molar-refractivity contribution >= 4 is 21.7 Å². The third kappa shape index (κ3) is 6.22. The van der Waals surface area contributed by atoms with E-state index in [1.165, 1.54) is 11.1 Å². The lowest BCUT2D eigenvalue weighted by atomic mass is 10.2. The average molecular weight is 368 g/mol. The molecule has 0 aromatic carbocycles. The molecule has 0 saturated carbocycles. The summed E-state index contributed by atoms with van der Waals surface area (Å²) in [5, 5.41) is 3.22. The van der Waals surface area contributed by atoms with Gasteiger partial charge in [-0.15, -0.1) is 0 Å². The predicted molar refractivity (Wildman–Crippen MR) is 82.4 cm³/mol. The number of hydrogen-bond acceptors (Lipinski definition) is 3. The Morgan fingerprint density at radius 1 is 1.29 bits per heavy atom. The van der Waals surface area contributed by atoms with Crippen LogP contribution in [0.15, 0.2) is 16.7 Å². The highest BCUT2D eigenvalue weighted by Crippen LogP contribution is 2.27. The average Bonchev–Trinajstić information content (AvgIpc) is 2.32. The smallest absolute Gasteiger partial charge is 0.345 e. The van der Waals surface area contributed by atoms with Crippen LogP contribution >= 0.6 is 15.9 Å². The SMILES string of the molecule is CC(C)NCc1cc(Br)cnc1N(CC(F)(F)F)C(C)C. The molecule has 21 heavy (non-hydrogen) atoms. The van der Waals surface area contributed by atoms with Gasteiger partial charge in [0.1, 0.15) is 12.4 Å². The Kier molecular flexibility index (Phi) is 6.46. The zero-order chi connectivity index (χ0) is 16.2. The first-order valence-corrected chi connectivity index (χ1v) is 7.60. The van der Waals surface area contributed by atoms with Gasteiger partial charge in [-0.25, -0.2) is 4.98 Å². The molecule has 1 aromatic heterocycles. The predicted octanol–water partition coefficient (Wildman–Crippen LogP) is 4.12. The Balaban J connectivity index is 3.11. The van der Waals surface area contributed by atoms with Crippen LogP contribution in [0.5, 0.6) is 0 Å². The summed E-state index contributed by atoms with van der Waals surface area (Å²) in [7, 11) is 0. The van der Waals surface area contributed by atoms with Crippen molar-refractivity contribution in [3.8, 4) is 0 Å². The maximum absolute atomic E-state index is 12.8. The molecule has 1 aromatic rings. The standard InChI is InChI=1S/C14H21BrF3N3/c1-9(2)19-6-11-5-12(15)7-20-13(11)21(10(3)4)8-14(16,17)18/h5,7,9-10,19H,6,8H2,1-4H3. The number of aromatic nitrogens is 1. The maximum atomic E-state index is 12.8. The highest BCUT2D eigenvalue weighted by Gasteiger charge is 2.33. The number of anilines is 1. The first-order chi connectivity index (χ1) is 9.60. The molecule has 7 heteroatoms. The Labute approximate surface area is 132 Å². The monoisotopic (exact) mass is 367 g/mol. The summed E-state index contributed by atoms with van der Waals surface area (Å²) in [5.41, 5.74) is 0.746. The zero-order valence-electron chi connectivity index (χ0n) is 12.6. The fourth-order valence-electron chi connectivity index (χ4n) is 1.87. The minimum Gasteiger partial charge on any atom is -0.345 e. The second kappa shape index (κ2) is 7.45. The van der Waals surface area contributed by atoms with E-state index < -0.39 is 12.7 Å². The third-order valence-electron chi connectivity index (χ3n) is 2.86. The molecule has 0 aliphatic heterocycles. The maximum Gasteiger partial charge on any atom is 0.405 e. The van der Waals surface area contributed by atoms with E-state index in [-0.39, 0.29) is 12.1 Å². The van der Waals surface area contributed by atoms with E-state index in [9.17, 15) is 13.2 Å². The second-order valence-corrected chi connectivity index (χ2v) is 6.42. The second-order valence-electron chi connectivity index (χ2n) is 5.51. The minimum absolute atomic E-state index is 0.243. The lowest BCUT2D eigenvalue weighted by Crippen LogP contribution is -2.40. The Bertz CT molecular complexity index is 461. The fourth-order valence-corrected chi connectivity index (χ4v) is 2.25. The molecule has 0 atom stereocenters. The molecule has 0 bridgehead atoms. The van der Waals surface area contributed by atoms with Gasteiger partial charge in [-0.3, -0.25) is 0 Å². The molecule has 0 radical (unpaired) electrons. The molecule has 0 saturated heterocycles. The first kappa shape index (κ1) is 18.2. The van der Waals surface area contributed by atoms with E-state index in [1.54, 1.807) is 13.8 Å². The van der Waals surface area contributed by atoms with Gasteiger partial charge in [0, 0.05) is 34.9 Å². The van der Waals surface area contributed by atoms with Crippen molar-refractivity contribution in [1.29, 1.82) is 0 Å². The molecule has 3 nitrogen and oxygen atoms in total. The largest absolute Gasteiger partial charge is 0.405 e. The van der Waals surface area contributed by atoms with E-state index in [2.05, 4.69) is 26.2 Å². The highest BCUT2D eigenvalue weighted by atomic mass is 79.9. The Morgan fingerprint density at radius 2 is 1.90 bits per heavy atom. The van der Waals surface area contributed by atoms with Gasteiger partial charge in [0.05, 0.1) is 0 Å². The number of halogens is 4. The Morgan fingerprint density at radius 3 is 2.38 bits per heavy atom. The van der Waals surface area contributed by atoms with Crippen molar-refractivity contribution < 1.29 is 13.2 Å². The van der Waals surface area contributed by atoms with Crippen molar-refractivity contribution in [3.05, 3.63) is 22.3 Å². The van der Waals surface area contributed by atoms with Crippen LogP contribution in [0.2, 0.25) is 0 Å². The Hall–Kier alpha value is -0.820. The normalized spacial score (nSPS) is 12.3. The lowest BCUT2D eigenvalue weighted by molar-refractivity contribution is -0.120. The highest BCUT2D eigenvalue weighted by molar-refractivity contribution is 9.10. The van der Waals surface area contributed by atoms with Gasteiger partial charge in [-0.1, -0.05) is 13.8 Å². The minimum atomic E-state index is -4.26. The van der Waals surface area contributed by atoms with Crippen LogP contribution in [0.4, 0.5) is 19.0 Å². The molecule has 0 spiro atoms. The topological polar surface area (TPSA) is 28.2 Å². The van der Waals surface area contributed by atoms with E-state index in [4.69, 9.17) is 0 Å². The third-order valence-corrected chi connectivity index (χ3v) is 3.29. The van der Waals surface area contributed by atoms with Gasteiger partial charge in [-0.05, 0) is 35.8 Å². The van der Waals surface area contributed by atoms with Crippen molar-refractivity contribution in [2.45, 2.75) is 52.5 Å². The molecule has 120 valence electrons. The van der Waals surface area contributed by atoms with Crippen molar-refractivity contribution in [2.24, 2.45) is 0 Å². The van der Waals surface area contributed by atoms with E-state index in [0.717, 1.165) is 10.0 Å².